The molecule has 3 nitrogen and oxygen atoms in total. The van der Waals surface area contributed by atoms with Crippen LogP contribution < -0.4 is 10.5 Å². The first-order chi connectivity index (χ1) is 7.38. The predicted molar refractivity (Wildman–Crippen MR) is 53.4 cm³/mol. The van der Waals surface area contributed by atoms with Gasteiger partial charge in [0.05, 0.1) is 12.3 Å². The van der Waals surface area contributed by atoms with Crippen molar-refractivity contribution < 1.29 is 22.6 Å². The summed E-state index contributed by atoms with van der Waals surface area (Å²) >= 11 is 5.66. The standard InChI is InChI=1S/C9H9ClF3NO2/c10-6-1-2-7(14)8(5-6)15-3-4-16-9(11,12)13/h1-2,5H,3-4,14H2. The second-order valence-electron chi connectivity index (χ2n) is 2.82. The summed E-state index contributed by atoms with van der Waals surface area (Å²) in [4.78, 5) is 0. The van der Waals surface area contributed by atoms with Crippen LogP contribution in [-0.4, -0.2) is 19.6 Å². The molecular weight excluding hydrogens is 247 g/mol. The fourth-order valence-electron chi connectivity index (χ4n) is 0.942. The molecule has 0 fully saturated rings. The minimum atomic E-state index is -4.65. The van der Waals surface area contributed by atoms with Crippen molar-refractivity contribution >= 4 is 17.3 Å². The lowest BCUT2D eigenvalue weighted by Gasteiger charge is -2.10. The van der Waals surface area contributed by atoms with Crippen LogP contribution in [0.5, 0.6) is 5.75 Å². The first-order valence-electron chi connectivity index (χ1n) is 4.27. The number of benzene rings is 1. The van der Waals surface area contributed by atoms with Crippen LogP contribution in [0.4, 0.5) is 18.9 Å². The SMILES string of the molecule is Nc1ccc(Cl)cc1OCCOC(F)(F)F. The average Bonchev–Trinajstić information content (AvgIpc) is 2.16. The Morgan fingerprint density at radius 3 is 2.56 bits per heavy atom. The van der Waals surface area contributed by atoms with Crippen molar-refractivity contribution in [1.29, 1.82) is 0 Å². The summed E-state index contributed by atoms with van der Waals surface area (Å²) in [5.41, 5.74) is 5.81. The van der Waals surface area contributed by atoms with Gasteiger partial charge in [0.25, 0.3) is 0 Å². The molecule has 7 heteroatoms. The molecule has 1 aromatic carbocycles. The van der Waals surface area contributed by atoms with Gasteiger partial charge in [-0.25, -0.2) is 0 Å². The highest BCUT2D eigenvalue weighted by Gasteiger charge is 2.28. The zero-order valence-corrected chi connectivity index (χ0v) is 8.81. The van der Waals surface area contributed by atoms with Gasteiger partial charge in [0, 0.05) is 11.1 Å². The van der Waals surface area contributed by atoms with Crippen LogP contribution >= 0.6 is 11.6 Å². The van der Waals surface area contributed by atoms with Crippen molar-refractivity contribution in [3.63, 3.8) is 0 Å². The Balaban J connectivity index is 2.40. The van der Waals surface area contributed by atoms with Crippen LogP contribution in [0, 0.1) is 0 Å². The first kappa shape index (κ1) is 12.9. The molecule has 1 aromatic rings. The minimum Gasteiger partial charge on any atom is -0.489 e. The maximum atomic E-state index is 11.6. The fourth-order valence-corrected chi connectivity index (χ4v) is 1.10. The van der Waals surface area contributed by atoms with E-state index in [2.05, 4.69) is 4.74 Å². The topological polar surface area (TPSA) is 44.5 Å². The monoisotopic (exact) mass is 255 g/mol. The molecule has 0 amide bonds. The molecule has 0 radical (unpaired) electrons. The largest absolute Gasteiger partial charge is 0.522 e. The lowest BCUT2D eigenvalue weighted by Crippen LogP contribution is -2.18. The van der Waals surface area contributed by atoms with E-state index >= 15 is 0 Å². The van der Waals surface area contributed by atoms with Gasteiger partial charge < -0.3 is 10.5 Å². The quantitative estimate of drug-likeness (QED) is 0.665. The third-order valence-electron chi connectivity index (χ3n) is 1.58. The molecule has 0 atom stereocenters. The van der Waals surface area contributed by atoms with E-state index in [1.54, 1.807) is 6.07 Å². The Hall–Kier alpha value is -1.14. The van der Waals surface area contributed by atoms with Crippen molar-refractivity contribution in [3.8, 4) is 5.75 Å². The van der Waals surface area contributed by atoms with E-state index in [0.29, 0.717) is 10.7 Å². The third kappa shape index (κ3) is 4.59. The van der Waals surface area contributed by atoms with E-state index in [1.807, 2.05) is 0 Å². The van der Waals surface area contributed by atoms with Crippen molar-refractivity contribution in [2.75, 3.05) is 18.9 Å². The lowest BCUT2D eigenvalue weighted by molar-refractivity contribution is -0.325. The normalized spacial score (nSPS) is 11.5. The molecule has 2 N–H and O–H groups in total. The van der Waals surface area contributed by atoms with Crippen LogP contribution in [0.3, 0.4) is 0 Å². The number of anilines is 1. The highest BCUT2D eigenvalue weighted by Crippen LogP contribution is 2.25. The van der Waals surface area contributed by atoms with Gasteiger partial charge in [-0.3, -0.25) is 4.74 Å². The van der Waals surface area contributed by atoms with E-state index in [-0.39, 0.29) is 12.4 Å². The second-order valence-corrected chi connectivity index (χ2v) is 3.26. The van der Waals surface area contributed by atoms with Gasteiger partial charge in [0.1, 0.15) is 12.4 Å². The zero-order valence-electron chi connectivity index (χ0n) is 8.05. The van der Waals surface area contributed by atoms with Crippen LogP contribution in [0.15, 0.2) is 18.2 Å². The Morgan fingerprint density at radius 1 is 1.25 bits per heavy atom. The molecule has 16 heavy (non-hydrogen) atoms. The molecule has 0 unspecified atom stereocenters. The van der Waals surface area contributed by atoms with Gasteiger partial charge in [-0.1, -0.05) is 11.6 Å². The van der Waals surface area contributed by atoms with Crippen LogP contribution in [0.25, 0.3) is 0 Å². The Bertz CT molecular complexity index is 357. The first-order valence-corrected chi connectivity index (χ1v) is 4.65. The van der Waals surface area contributed by atoms with Gasteiger partial charge >= 0.3 is 6.36 Å². The van der Waals surface area contributed by atoms with Crippen LogP contribution in [-0.2, 0) is 4.74 Å². The molecule has 0 heterocycles. The van der Waals surface area contributed by atoms with Crippen LogP contribution in [0.2, 0.25) is 5.02 Å². The van der Waals surface area contributed by atoms with E-state index in [0.717, 1.165) is 0 Å². The highest BCUT2D eigenvalue weighted by atomic mass is 35.5. The molecule has 0 aliphatic heterocycles. The van der Waals surface area contributed by atoms with Gasteiger partial charge in [-0.05, 0) is 12.1 Å². The van der Waals surface area contributed by atoms with E-state index in [1.165, 1.54) is 12.1 Å². The van der Waals surface area contributed by atoms with E-state index in [4.69, 9.17) is 22.1 Å². The smallest absolute Gasteiger partial charge is 0.489 e. The maximum Gasteiger partial charge on any atom is 0.522 e. The number of nitrogen functional groups attached to an aromatic ring is 1. The lowest BCUT2D eigenvalue weighted by atomic mass is 10.3. The number of nitrogens with two attached hydrogens (primary N) is 1. The Kier molecular flexibility index (Phi) is 4.26. The summed E-state index contributed by atoms with van der Waals surface area (Å²) in [5.74, 6) is 0.235. The molecule has 0 aromatic heterocycles. The number of alkyl halides is 3. The molecule has 0 spiro atoms. The third-order valence-corrected chi connectivity index (χ3v) is 1.82. The zero-order chi connectivity index (χ0) is 12.2. The minimum absolute atomic E-state index is 0.235. The number of hydrogen-bond donors (Lipinski definition) is 1. The number of hydrogen-bond acceptors (Lipinski definition) is 3. The Morgan fingerprint density at radius 2 is 1.94 bits per heavy atom. The van der Waals surface area contributed by atoms with Crippen LogP contribution in [0.1, 0.15) is 0 Å². The highest BCUT2D eigenvalue weighted by molar-refractivity contribution is 6.30. The van der Waals surface area contributed by atoms with Crippen molar-refractivity contribution in [2.24, 2.45) is 0 Å². The number of rotatable bonds is 4. The van der Waals surface area contributed by atoms with Gasteiger partial charge in [-0.15, -0.1) is 13.2 Å². The van der Waals surface area contributed by atoms with Gasteiger partial charge in [-0.2, -0.15) is 0 Å². The molecule has 90 valence electrons. The summed E-state index contributed by atoms with van der Waals surface area (Å²) in [6, 6.07) is 4.47. The van der Waals surface area contributed by atoms with E-state index in [9.17, 15) is 13.2 Å². The van der Waals surface area contributed by atoms with Gasteiger partial charge in [0.2, 0.25) is 0 Å². The van der Waals surface area contributed by atoms with E-state index < -0.39 is 13.0 Å². The van der Waals surface area contributed by atoms with Gasteiger partial charge in [0.15, 0.2) is 0 Å². The summed E-state index contributed by atoms with van der Waals surface area (Å²) < 4.78 is 43.3. The average molecular weight is 256 g/mol. The molecular formula is C9H9ClF3NO2. The molecule has 0 saturated heterocycles. The molecule has 0 aliphatic rings. The number of ether oxygens (including phenoxy) is 2. The summed E-state index contributed by atoms with van der Waals surface area (Å²) in [5, 5.41) is 0.390. The molecule has 1 rings (SSSR count). The second kappa shape index (κ2) is 5.27. The predicted octanol–water partition coefficient (Wildman–Crippen LogP) is 2.84. The Labute approximate surface area is 94.9 Å². The summed E-state index contributed by atoms with van der Waals surface area (Å²) in [6.07, 6.45) is -4.65. The molecule has 0 saturated carbocycles. The van der Waals surface area contributed by atoms with Crippen molar-refractivity contribution in [3.05, 3.63) is 23.2 Å². The molecule has 0 aliphatic carbocycles. The fraction of sp³-hybridized carbons (Fsp3) is 0.333. The molecule has 0 bridgehead atoms. The van der Waals surface area contributed by atoms with Crippen molar-refractivity contribution in [2.45, 2.75) is 6.36 Å². The number of halogens is 4. The van der Waals surface area contributed by atoms with Crippen molar-refractivity contribution in [1.82, 2.24) is 0 Å². The maximum absolute atomic E-state index is 11.6. The summed E-state index contributed by atoms with van der Waals surface area (Å²) in [7, 11) is 0. The summed E-state index contributed by atoms with van der Waals surface area (Å²) in [6.45, 7) is -0.862.